The first-order chi connectivity index (χ1) is 15.5. The number of furan rings is 1. The predicted molar refractivity (Wildman–Crippen MR) is 120 cm³/mol. The molecule has 1 N–H and O–H groups in total. The highest BCUT2D eigenvalue weighted by Gasteiger charge is 2.29. The van der Waals surface area contributed by atoms with Crippen LogP contribution in [0, 0.1) is 5.82 Å². The average molecular weight is 435 g/mol. The van der Waals surface area contributed by atoms with Gasteiger partial charge in [-0.2, -0.15) is 0 Å². The molecule has 1 aliphatic rings. The summed E-state index contributed by atoms with van der Waals surface area (Å²) in [6.07, 6.45) is 3.46. The Kier molecular flexibility index (Phi) is 6.66. The van der Waals surface area contributed by atoms with E-state index in [1.165, 1.54) is 17.0 Å². The Bertz CT molecular complexity index is 1070. The van der Waals surface area contributed by atoms with E-state index in [2.05, 4.69) is 10.2 Å². The van der Waals surface area contributed by atoms with Gasteiger partial charge in [0.1, 0.15) is 11.6 Å². The van der Waals surface area contributed by atoms with Crippen LogP contribution in [0.3, 0.4) is 0 Å². The lowest BCUT2D eigenvalue weighted by molar-refractivity contribution is -0.119. The molecule has 1 aliphatic heterocycles. The molecule has 1 atom stereocenters. The number of para-hydroxylation sites is 1. The first kappa shape index (κ1) is 21.8. The maximum Gasteiger partial charge on any atom is 0.253 e. The molecular weight excluding hydrogens is 409 g/mol. The molecule has 0 bridgehead atoms. The van der Waals surface area contributed by atoms with Crippen LogP contribution in [0.4, 0.5) is 10.1 Å². The molecule has 2 heterocycles. The van der Waals surface area contributed by atoms with Crippen LogP contribution < -0.4 is 10.2 Å². The molecule has 2 amide bonds. The minimum absolute atomic E-state index is 0.0831. The number of hydrogen-bond donors (Lipinski definition) is 1. The fourth-order valence-corrected chi connectivity index (χ4v) is 4.13. The van der Waals surface area contributed by atoms with E-state index in [0.29, 0.717) is 17.0 Å². The van der Waals surface area contributed by atoms with Crippen molar-refractivity contribution in [1.29, 1.82) is 0 Å². The Balaban J connectivity index is 1.44. The van der Waals surface area contributed by atoms with Crippen molar-refractivity contribution in [1.82, 2.24) is 10.2 Å². The molecule has 0 saturated carbocycles. The lowest BCUT2D eigenvalue weighted by Crippen LogP contribution is -2.39. The number of benzene rings is 2. The van der Waals surface area contributed by atoms with E-state index < -0.39 is 0 Å². The smallest absolute Gasteiger partial charge is 0.253 e. The van der Waals surface area contributed by atoms with Gasteiger partial charge in [-0.15, -0.1) is 0 Å². The van der Waals surface area contributed by atoms with Gasteiger partial charge in [-0.3, -0.25) is 14.5 Å². The summed E-state index contributed by atoms with van der Waals surface area (Å²) in [7, 11) is 1.68. The van der Waals surface area contributed by atoms with Gasteiger partial charge in [-0.1, -0.05) is 24.3 Å². The second kappa shape index (κ2) is 9.78. The van der Waals surface area contributed by atoms with Crippen LogP contribution in [0.25, 0.3) is 0 Å². The summed E-state index contributed by atoms with van der Waals surface area (Å²) in [5.74, 6) is 0.00414. The monoisotopic (exact) mass is 435 g/mol. The van der Waals surface area contributed by atoms with E-state index in [0.717, 1.165) is 24.9 Å². The molecule has 0 unspecified atom stereocenters. The lowest BCUT2D eigenvalue weighted by Gasteiger charge is -2.27. The van der Waals surface area contributed by atoms with Crippen molar-refractivity contribution in [2.75, 3.05) is 25.0 Å². The Hall–Kier alpha value is -3.45. The molecule has 1 aromatic heterocycles. The number of halogens is 1. The summed E-state index contributed by atoms with van der Waals surface area (Å²) in [4.78, 5) is 29.5. The van der Waals surface area contributed by atoms with Gasteiger partial charge >= 0.3 is 0 Å². The van der Waals surface area contributed by atoms with Crippen molar-refractivity contribution in [3.05, 3.63) is 89.6 Å². The first-order valence-electron chi connectivity index (χ1n) is 10.7. The van der Waals surface area contributed by atoms with Crippen LogP contribution in [-0.4, -0.2) is 36.9 Å². The number of likely N-dealkylation sites (N-methyl/N-ethyl adjacent to an activating group) is 1. The van der Waals surface area contributed by atoms with Crippen molar-refractivity contribution in [2.24, 2.45) is 0 Å². The van der Waals surface area contributed by atoms with Crippen molar-refractivity contribution in [3.8, 4) is 0 Å². The summed E-state index contributed by atoms with van der Waals surface area (Å²) in [5.41, 5.74) is 1.98. The van der Waals surface area contributed by atoms with Gasteiger partial charge in [-0.25, -0.2) is 4.39 Å². The number of carbonyl (C=O) groups excluding carboxylic acids is 2. The van der Waals surface area contributed by atoms with Crippen molar-refractivity contribution in [3.63, 3.8) is 0 Å². The highest BCUT2D eigenvalue weighted by atomic mass is 19.1. The molecule has 0 aliphatic carbocycles. The Morgan fingerprint density at radius 1 is 1.12 bits per heavy atom. The summed E-state index contributed by atoms with van der Waals surface area (Å²) in [5, 5.41) is 2.83. The van der Waals surface area contributed by atoms with Gasteiger partial charge in [0.05, 0.1) is 30.6 Å². The SMILES string of the molecule is CN(C(=O)CN1CCC[C@H]1c1ccc(F)cc1)c1ccccc1C(=O)NCc1ccco1. The number of nitrogens with one attached hydrogen (secondary N) is 1. The summed E-state index contributed by atoms with van der Waals surface area (Å²) in [6, 6.07) is 17.2. The number of rotatable bonds is 7. The van der Waals surface area contributed by atoms with Gasteiger partial charge in [0.2, 0.25) is 5.91 Å². The average Bonchev–Trinajstić information content (AvgIpc) is 3.50. The van der Waals surface area contributed by atoms with E-state index in [-0.39, 0.29) is 36.8 Å². The predicted octanol–water partition coefficient (Wildman–Crippen LogP) is 4.15. The second-order valence-corrected chi connectivity index (χ2v) is 7.91. The lowest BCUT2D eigenvalue weighted by atomic mass is 10.0. The molecule has 166 valence electrons. The maximum absolute atomic E-state index is 13.3. The highest BCUT2D eigenvalue weighted by Crippen LogP contribution is 2.32. The molecule has 7 heteroatoms. The first-order valence-corrected chi connectivity index (χ1v) is 10.7. The highest BCUT2D eigenvalue weighted by molar-refractivity contribution is 6.05. The van der Waals surface area contributed by atoms with Crippen LogP contribution in [0.15, 0.2) is 71.3 Å². The molecule has 1 fully saturated rings. The fourth-order valence-electron chi connectivity index (χ4n) is 4.13. The number of nitrogens with zero attached hydrogens (tertiary/aromatic N) is 2. The zero-order valence-corrected chi connectivity index (χ0v) is 18.0. The van der Waals surface area contributed by atoms with Crippen LogP contribution in [0.2, 0.25) is 0 Å². The van der Waals surface area contributed by atoms with Gasteiger partial charge in [0, 0.05) is 13.1 Å². The summed E-state index contributed by atoms with van der Waals surface area (Å²) >= 11 is 0. The van der Waals surface area contributed by atoms with E-state index in [4.69, 9.17) is 4.42 Å². The van der Waals surface area contributed by atoms with E-state index >= 15 is 0 Å². The topological polar surface area (TPSA) is 65.8 Å². The number of likely N-dealkylation sites (tertiary alicyclic amines) is 1. The van der Waals surface area contributed by atoms with Gasteiger partial charge in [0.25, 0.3) is 5.91 Å². The Morgan fingerprint density at radius 2 is 1.91 bits per heavy atom. The quantitative estimate of drug-likeness (QED) is 0.606. The number of anilines is 1. The molecular formula is C25H26FN3O3. The molecule has 6 nitrogen and oxygen atoms in total. The van der Waals surface area contributed by atoms with Gasteiger partial charge in [-0.05, 0) is 61.3 Å². The van der Waals surface area contributed by atoms with Crippen LogP contribution in [0.5, 0.6) is 0 Å². The number of carbonyl (C=O) groups is 2. The fraction of sp³-hybridized carbons (Fsp3) is 0.280. The zero-order chi connectivity index (χ0) is 22.5. The molecule has 1 saturated heterocycles. The van der Waals surface area contributed by atoms with E-state index in [1.807, 2.05) is 0 Å². The molecule has 32 heavy (non-hydrogen) atoms. The van der Waals surface area contributed by atoms with Crippen molar-refractivity contribution >= 4 is 17.5 Å². The van der Waals surface area contributed by atoms with Crippen molar-refractivity contribution < 1.29 is 18.4 Å². The number of hydrogen-bond acceptors (Lipinski definition) is 4. The molecule has 3 aromatic rings. The molecule has 4 rings (SSSR count). The maximum atomic E-state index is 13.3. The van der Waals surface area contributed by atoms with Crippen LogP contribution in [0.1, 0.15) is 40.6 Å². The van der Waals surface area contributed by atoms with E-state index in [1.54, 1.807) is 61.8 Å². The largest absolute Gasteiger partial charge is 0.467 e. The second-order valence-electron chi connectivity index (χ2n) is 7.91. The third kappa shape index (κ3) is 4.89. The van der Waals surface area contributed by atoms with Crippen molar-refractivity contribution in [2.45, 2.75) is 25.4 Å². The number of amides is 2. The Morgan fingerprint density at radius 3 is 2.66 bits per heavy atom. The summed E-state index contributed by atoms with van der Waals surface area (Å²) < 4.78 is 18.6. The summed E-state index contributed by atoms with van der Waals surface area (Å²) in [6.45, 7) is 1.29. The zero-order valence-electron chi connectivity index (χ0n) is 18.0. The normalized spacial score (nSPS) is 16.1. The third-order valence-electron chi connectivity index (χ3n) is 5.84. The van der Waals surface area contributed by atoms with E-state index in [9.17, 15) is 14.0 Å². The van der Waals surface area contributed by atoms with Crippen LogP contribution in [-0.2, 0) is 11.3 Å². The molecule has 2 aromatic carbocycles. The van der Waals surface area contributed by atoms with Crippen LogP contribution >= 0.6 is 0 Å². The molecule has 0 radical (unpaired) electrons. The standard InChI is InChI=1S/C25H26FN3O3/c1-28(23-8-3-2-7-21(23)25(31)27-16-20-6-5-15-32-20)24(30)17-29-14-4-9-22(29)18-10-12-19(26)13-11-18/h2-3,5-8,10-13,15,22H,4,9,14,16-17H2,1H3,(H,27,31)/t22-/m0/s1. The van der Waals surface area contributed by atoms with Gasteiger partial charge < -0.3 is 14.6 Å². The van der Waals surface area contributed by atoms with Gasteiger partial charge in [0.15, 0.2) is 0 Å². The Labute approximate surface area is 186 Å². The third-order valence-corrected chi connectivity index (χ3v) is 5.84. The molecule has 0 spiro atoms. The minimum Gasteiger partial charge on any atom is -0.467 e. The minimum atomic E-state index is -0.276.